The minimum absolute atomic E-state index is 0.0231. The Morgan fingerprint density at radius 2 is 1.84 bits per heavy atom. The van der Waals surface area contributed by atoms with Crippen LogP contribution in [0.1, 0.15) is 12.8 Å². The molecule has 10 heteroatoms. The lowest BCUT2D eigenvalue weighted by atomic mass is 10.2. The Kier molecular flexibility index (Phi) is 4.74. The SMILES string of the molecule is O=C1CC[C@@H](C(=O)N2CCN(S(=O)(=O)c3cc(F)ccc3F)CC2)N1. The maximum Gasteiger partial charge on any atom is 0.246 e. The van der Waals surface area contributed by atoms with Crippen LogP contribution in [0.15, 0.2) is 23.1 Å². The largest absolute Gasteiger partial charge is 0.344 e. The van der Waals surface area contributed by atoms with E-state index in [1.54, 1.807) is 0 Å². The van der Waals surface area contributed by atoms with Crippen molar-refractivity contribution < 1.29 is 26.8 Å². The third-order valence-electron chi connectivity index (χ3n) is 4.35. The van der Waals surface area contributed by atoms with E-state index in [0.29, 0.717) is 18.9 Å². The highest BCUT2D eigenvalue weighted by Crippen LogP contribution is 2.22. The molecule has 0 spiro atoms. The fraction of sp³-hybridized carbons (Fsp3) is 0.467. The maximum atomic E-state index is 13.8. The number of nitrogens with one attached hydrogen (secondary N) is 1. The van der Waals surface area contributed by atoms with Crippen LogP contribution in [0.5, 0.6) is 0 Å². The van der Waals surface area contributed by atoms with Gasteiger partial charge in [0.25, 0.3) is 0 Å². The molecule has 1 atom stereocenters. The average Bonchev–Trinajstić information content (AvgIpc) is 3.03. The van der Waals surface area contributed by atoms with Gasteiger partial charge in [-0.3, -0.25) is 9.59 Å². The molecule has 25 heavy (non-hydrogen) atoms. The highest BCUT2D eigenvalue weighted by Gasteiger charge is 2.35. The molecule has 3 rings (SSSR count). The Hall–Kier alpha value is -2.07. The highest BCUT2D eigenvalue weighted by atomic mass is 32.2. The summed E-state index contributed by atoms with van der Waals surface area (Å²) >= 11 is 0. The lowest BCUT2D eigenvalue weighted by Crippen LogP contribution is -2.54. The summed E-state index contributed by atoms with van der Waals surface area (Å²) in [6, 6.07) is 1.69. The van der Waals surface area contributed by atoms with Gasteiger partial charge in [-0.05, 0) is 24.6 Å². The Balaban J connectivity index is 1.68. The van der Waals surface area contributed by atoms with Gasteiger partial charge >= 0.3 is 0 Å². The average molecular weight is 373 g/mol. The molecule has 0 aromatic heterocycles. The number of halogens is 2. The van der Waals surface area contributed by atoms with Gasteiger partial charge in [0.2, 0.25) is 21.8 Å². The number of rotatable bonds is 3. The van der Waals surface area contributed by atoms with Crippen LogP contribution in [0, 0.1) is 11.6 Å². The molecule has 1 aromatic carbocycles. The summed E-state index contributed by atoms with van der Waals surface area (Å²) in [7, 11) is -4.18. The number of piperazine rings is 1. The zero-order valence-corrected chi connectivity index (χ0v) is 14.1. The van der Waals surface area contributed by atoms with Crippen LogP contribution in [-0.4, -0.2) is 61.7 Å². The second-order valence-electron chi connectivity index (χ2n) is 5.96. The lowest BCUT2D eigenvalue weighted by Gasteiger charge is -2.35. The first-order valence-electron chi connectivity index (χ1n) is 7.82. The highest BCUT2D eigenvalue weighted by molar-refractivity contribution is 7.89. The third-order valence-corrected chi connectivity index (χ3v) is 6.27. The van der Waals surface area contributed by atoms with Crippen molar-refractivity contribution >= 4 is 21.8 Å². The number of sulfonamides is 1. The summed E-state index contributed by atoms with van der Waals surface area (Å²) in [4.78, 5) is 24.3. The molecular weight excluding hydrogens is 356 g/mol. The van der Waals surface area contributed by atoms with Gasteiger partial charge in [0.05, 0.1) is 0 Å². The molecule has 1 N–H and O–H groups in total. The van der Waals surface area contributed by atoms with Gasteiger partial charge in [0, 0.05) is 32.6 Å². The molecule has 2 aliphatic heterocycles. The predicted molar refractivity (Wildman–Crippen MR) is 82.9 cm³/mol. The number of carbonyl (C=O) groups excluding carboxylic acids is 2. The molecule has 136 valence electrons. The Bertz CT molecular complexity index is 807. The van der Waals surface area contributed by atoms with Gasteiger partial charge in [0.1, 0.15) is 22.6 Å². The van der Waals surface area contributed by atoms with Crippen LogP contribution in [0.2, 0.25) is 0 Å². The van der Waals surface area contributed by atoms with E-state index in [0.717, 1.165) is 16.4 Å². The predicted octanol–water partition coefficient (Wildman–Crippen LogP) is 0.0763. The van der Waals surface area contributed by atoms with Crippen LogP contribution >= 0.6 is 0 Å². The van der Waals surface area contributed by atoms with E-state index in [9.17, 15) is 26.8 Å². The Morgan fingerprint density at radius 1 is 1.16 bits per heavy atom. The minimum atomic E-state index is -4.18. The second kappa shape index (κ2) is 6.68. The van der Waals surface area contributed by atoms with E-state index in [-0.39, 0.29) is 38.0 Å². The van der Waals surface area contributed by atoms with Gasteiger partial charge in [-0.1, -0.05) is 0 Å². The summed E-state index contributed by atoms with van der Waals surface area (Å²) < 4.78 is 53.1. The molecule has 2 heterocycles. The molecule has 2 amide bonds. The summed E-state index contributed by atoms with van der Waals surface area (Å²) in [6.07, 6.45) is 0.717. The van der Waals surface area contributed by atoms with Crippen molar-refractivity contribution in [1.29, 1.82) is 0 Å². The monoisotopic (exact) mass is 373 g/mol. The Morgan fingerprint density at radius 3 is 2.44 bits per heavy atom. The van der Waals surface area contributed by atoms with E-state index in [1.165, 1.54) is 4.90 Å². The number of amides is 2. The van der Waals surface area contributed by atoms with E-state index >= 15 is 0 Å². The van der Waals surface area contributed by atoms with Crippen LogP contribution in [0.4, 0.5) is 8.78 Å². The zero-order chi connectivity index (χ0) is 18.2. The lowest BCUT2D eigenvalue weighted by molar-refractivity contribution is -0.135. The molecule has 0 saturated carbocycles. The number of hydrogen-bond donors (Lipinski definition) is 1. The first-order chi connectivity index (χ1) is 11.8. The third kappa shape index (κ3) is 3.49. The van der Waals surface area contributed by atoms with E-state index < -0.39 is 32.6 Å². The standard InChI is InChI=1S/C15H17F2N3O4S/c16-10-1-2-11(17)13(9-10)25(23,24)20-7-5-19(6-8-20)15(22)12-3-4-14(21)18-12/h1-2,9,12H,3-8H2,(H,18,21)/t12-/m0/s1. The number of nitrogens with zero attached hydrogens (tertiary/aromatic N) is 2. The van der Waals surface area contributed by atoms with Crippen molar-refractivity contribution in [1.82, 2.24) is 14.5 Å². The van der Waals surface area contributed by atoms with Gasteiger partial charge in [-0.2, -0.15) is 4.31 Å². The molecule has 7 nitrogen and oxygen atoms in total. The van der Waals surface area contributed by atoms with Crippen molar-refractivity contribution in [3.05, 3.63) is 29.8 Å². The molecule has 0 unspecified atom stereocenters. The summed E-state index contributed by atoms with van der Waals surface area (Å²) in [6.45, 7) is 0.206. The van der Waals surface area contributed by atoms with Crippen LogP contribution in [0.3, 0.4) is 0 Å². The fourth-order valence-electron chi connectivity index (χ4n) is 2.98. The van der Waals surface area contributed by atoms with Gasteiger partial charge < -0.3 is 10.2 Å². The number of benzene rings is 1. The molecule has 0 radical (unpaired) electrons. The summed E-state index contributed by atoms with van der Waals surface area (Å²) in [5.74, 6) is -2.29. The minimum Gasteiger partial charge on any atom is -0.344 e. The molecule has 2 aliphatic rings. The summed E-state index contributed by atoms with van der Waals surface area (Å²) in [5, 5.41) is 2.58. The van der Waals surface area contributed by atoms with Gasteiger partial charge in [-0.15, -0.1) is 0 Å². The van der Waals surface area contributed by atoms with E-state index in [1.807, 2.05) is 0 Å². The molecule has 1 aromatic rings. The van der Waals surface area contributed by atoms with Crippen LogP contribution in [-0.2, 0) is 19.6 Å². The zero-order valence-electron chi connectivity index (χ0n) is 13.2. The van der Waals surface area contributed by atoms with Crippen molar-refractivity contribution in [3.63, 3.8) is 0 Å². The second-order valence-corrected chi connectivity index (χ2v) is 7.87. The smallest absolute Gasteiger partial charge is 0.246 e. The van der Waals surface area contributed by atoms with Gasteiger partial charge in [0.15, 0.2) is 0 Å². The molecular formula is C15H17F2N3O4S. The first-order valence-corrected chi connectivity index (χ1v) is 9.26. The first kappa shape index (κ1) is 17.7. The van der Waals surface area contributed by atoms with Crippen molar-refractivity contribution in [2.75, 3.05) is 26.2 Å². The van der Waals surface area contributed by atoms with Crippen molar-refractivity contribution in [2.45, 2.75) is 23.8 Å². The molecule has 0 aliphatic carbocycles. The molecule has 2 saturated heterocycles. The Labute approximate surface area is 143 Å². The normalized spacial score (nSPS) is 22.1. The van der Waals surface area contributed by atoms with Crippen LogP contribution < -0.4 is 5.32 Å². The fourth-order valence-corrected chi connectivity index (χ4v) is 4.48. The number of carbonyl (C=O) groups is 2. The van der Waals surface area contributed by atoms with Crippen molar-refractivity contribution in [2.24, 2.45) is 0 Å². The molecule has 2 fully saturated rings. The van der Waals surface area contributed by atoms with E-state index in [2.05, 4.69) is 5.32 Å². The van der Waals surface area contributed by atoms with E-state index in [4.69, 9.17) is 0 Å². The maximum absolute atomic E-state index is 13.8. The van der Waals surface area contributed by atoms with Crippen molar-refractivity contribution in [3.8, 4) is 0 Å². The van der Waals surface area contributed by atoms with Gasteiger partial charge in [-0.25, -0.2) is 17.2 Å². The molecule has 0 bridgehead atoms. The quantitative estimate of drug-likeness (QED) is 0.813. The summed E-state index contributed by atoms with van der Waals surface area (Å²) in [5.41, 5.74) is 0. The topological polar surface area (TPSA) is 86.8 Å². The van der Waals surface area contributed by atoms with Crippen LogP contribution in [0.25, 0.3) is 0 Å². The number of hydrogen-bond acceptors (Lipinski definition) is 4.